The quantitative estimate of drug-likeness (QED) is 0.594. The zero-order valence-corrected chi connectivity index (χ0v) is 20.0. The van der Waals surface area contributed by atoms with Crippen LogP contribution in [-0.4, -0.2) is 80.5 Å². The fourth-order valence-corrected chi connectivity index (χ4v) is 5.44. The van der Waals surface area contributed by atoms with E-state index in [0.29, 0.717) is 37.0 Å². The maximum Gasteiger partial charge on any atom is 0.274 e. The Kier molecular flexibility index (Phi) is 5.48. The number of hydrogen-bond acceptors (Lipinski definition) is 7. The van der Waals surface area contributed by atoms with Crippen molar-refractivity contribution in [2.45, 2.75) is 32.5 Å². The minimum absolute atomic E-state index is 0.0157. The molecule has 0 unspecified atom stereocenters. The van der Waals surface area contributed by atoms with Gasteiger partial charge in [-0.1, -0.05) is 6.07 Å². The lowest BCUT2D eigenvalue weighted by Crippen LogP contribution is -2.43. The van der Waals surface area contributed by atoms with Crippen molar-refractivity contribution >= 4 is 15.7 Å². The van der Waals surface area contributed by atoms with Gasteiger partial charge in [-0.05, 0) is 31.5 Å². The molecule has 1 N–H and O–H groups in total. The molecule has 1 fully saturated rings. The lowest BCUT2D eigenvalue weighted by molar-refractivity contribution is 0.0577. The molecule has 3 aromatic rings. The van der Waals surface area contributed by atoms with Crippen molar-refractivity contribution in [1.29, 1.82) is 0 Å². The van der Waals surface area contributed by atoms with Gasteiger partial charge in [-0.2, -0.15) is 5.10 Å². The monoisotopic (exact) mass is 485 g/mol. The fourth-order valence-electron chi connectivity index (χ4n) is 4.24. The van der Waals surface area contributed by atoms with Gasteiger partial charge in [-0.15, -0.1) is 0 Å². The van der Waals surface area contributed by atoms with Crippen LogP contribution in [0.3, 0.4) is 0 Å². The highest BCUT2D eigenvalue weighted by Gasteiger charge is 2.29. The number of sulfone groups is 1. The smallest absolute Gasteiger partial charge is 0.274 e. The predicted molar refractivity (Wildman–Crippen MR) is 125 cm³/mol. The van der Waals surface area contributed by atoms with Crippen molar-refractivity contribution in [3.63, 3.8) is 0 Å². The first-order chi connectivity index (χ1) is 16.1. The molecule has 180 valence electrons. The lowest BCUT2D eigenvalue weighted by atomic mass is 10.1. The number of benzene rings is 1. The zero-order chi connectivity index (χ0) is 24.1. The molecule has 2 aromatic heterocycles. The summed E-state index contributed by atoms with van der Waals surface area (Å²) in [6, 6.07) is 5.81. The first kappa shape index (κ1) is 22.6. The molecule has 2 aliphatic rings. The van der Waals surface area contributed by atoms with Crippen LogP contribution in [-0.2, 0) is 22.9 Å². The van der Waals surface area contributed by atoms with Gasteiger partial charge < -0.3 is 19.3 Å². The third-order valence-electron chi connectivity index (χ3n) is 5.96. The van der Waals surface area contributed by atoms with Crippen molar-refractivity contribution in [3.8, 4) is 28.3 Å². The predicted octanol–water partition coefficient (Wildman–Crippen LogP) is 1.45. The van der Waals surface area contributed by atoms with E-state index in [1.165, 1.54) is 0 Å². The van der Waals surface area contributed by atoms with E-state index in [-0.39, 0.29) is 30.5 Å². The van der Waals surface area contributed by atoms with Gasteiger partial charge in [0.2, 0.25) is 0 Å². The molecular weight excluding hydrogens is 458 g/mol. The van der Waals surface area contributed by atoms with Crippen LogP contribution in [0.1, 0.15) is 24.3 Å². The molecule has 0 saturated carbocycles. The molecule has 0 spiro atoms. The molecule has 34 heavy (non-hydrogen) atoms. The highest BCUT2D eigenvalue weighted by atomic mass is 32.2. The molecule has 11 heteroatoms. The first-order valence-electron chi connectivity index (χ1n) is 11.2. The second kappa shape index (κ2) is 8.24. The van der Waals surface area contributed by atoms with Gasteiger partial charge in [0.25, 0.3) is 5.91 Å². The Balaban J connectivity index is 1.41. The maximum absolute atomic E-state index is 13.0. The molecule has 2 aliphatic heterocycles. The molecular formula is C23H27N5O5S. The Hall–Kier alpha value is -3.18. The molecule has 1 aromatic carbocycles. The average Bonchev–Trinajstić information content (AvgIpc) is 3.36. The van der Waals surface area contributed by atoms with Gasteiger partial charge in [0, 0.05) is 31.0 Å². The third-order valence-corrected chi connectivity index (χ3v) is 7.56. The maximum atomic E-state index is 13.0. The molecule has 0 bridgehead atoms. The number of carbonyl (C=O) groups is 1. The Morgan fingerprint density at radius 1 is 1.15 bits per heavy atom. The number of nitrogens with zero attached hydrogens (tertiary/aromatic N) is 5. The number of imidazole rings is 1. The van der Waals surface area contributed by atoms with Crippen molar-refractivity contribution in [1.82, 2.24) is 24.2 Å². The van der Waals surface area contributed by atoms with Crippen molar-refractivity contribution in [2.75, 3.05) is 31.2 Å². The van der Waals surface area contributed by atoms with Crippen LogP contribution in [0.4, 0.5) is 0 Å². The molecule has 5 rings (SSSR count). The van der Waals surface area contributed by atoms with Crippen LogP contribution in [0.15, 0.2) is 36.8 Å². The number of ether oxygens (including phenoxy) is 1. The van der Waals surface area contributed by atoms with E-state index in [4.69, 9.17) is 4.74 Å². The lowest BCUT2D eigenvalue weighted by Gasteiger charge is -2.25. The standard InChI is InChI=1S/C23H27N5O5S/c1-23(2,30)15-28-13-17(12-24-28)16-3-4-18-20(11-16)33-8-5-27-14-19(25-21(18)27)22(29)26-6-9-34(31,32)10-7-26/h3-4,11-14,30H,5-10,15H2,1-2H3. The van der Waals surface area contributed by atoms with Crippen LogP contribution in [0.2, 0.25) is 0 Å². The number of amides is 1. The second-order valence-corrected chi connectivity index (χ2v) is 11.7. The number of carbonyl (C=O) groups excluding carboxylic acids is 1. The van der Waals surface area contributed by atoms with E-state index >= 15 is 0 Å². The number of aromatic nitrogens is 4. The van der Waals surface area contributed by atoms with E-state index in [0.717, 1.165) is 16.7 Å². The zero-order valence-electron chi connectivity index (χ0n) is 19.1. The van der Waals surface area contributed by atoms with Crippen LogP contribution >= 0.6 is 0 Å². The van der Waals surface area contributed by atoms with Gasteiger partial charge in [0.05, 0.1) is 42.0 Å². The summed E-state index contributed by atoms with van der Waals surface area (Å²) in [7, 11) is -3.07. The van der Waals surface area contributed by atoms with Crippen LogP contribution < -0.4 is 4.74 Å². The summed E-state index contributed by atoms with van der Waals surface area (Å²) in [6.45, 7) is 5.19. The Labute approximate surface area is 197 Å². The molecule has 1 amide bonds. The van der Waals surface area contributed by atoms with Gasteiger partial charge in [0.1, 0.15) is 23.9 Å². The van der Waals surface area contributed by atoms with Crippen LogP contribution in [0.5, 0.6) is 5.75 Å². The van der Waals surface area contributed by atoms with E-state index in [1.54, 1.807) is 35.8 Å². The summed E-state index contributed by atoms with van der Waals surface area (Å²) < 4.78 is 33.0. The first-order valence-corrected chi connectivity index (χ1v) is 13.0. The molecule has 4 heterocycles. The normalized spacial score (nSPS) is 17.4. The Bertz CT molecular complexity index is 1340. The summed E-state index contributed by atoms with van der Waals surface area (Å²) >= 11 is 0. The van der Waals surface area contributed by atoms with Gasteiger partial charge in [-0.25, -0.2) is 13.4 Å². The van der Waals surface area contributed by atoms with Gasteiger partial charge in [-0.3, -0.25) is 9.48 Å². The minimum atomic E-state index is -3.07. The van der Waals surface area contributed by atoms with Crippen molar-refractivity contribution < 1.29 is 23.1 Å². The third kappa shape index (κ3) is 4.58. The van der Waals surface area contributed by atoms with E-state index in [9.17, 15) is 18.3 Å². The molecule has 0 aliphatic carbocycles. The summed E-state index contributed by atoms with van der Waals surface area (Å²) in [5.41, 5.74) is 2.05. The minimum Gasteiger partial charge on any atom is -0.491 e. The highest BCUT2D eigenvalue weighted by molar-refractivity contribution is 7.91. The topological polar surface area (TPSA) is 120 Å². The van der Waals surface area contributed by atoms with E-state index in [1.807, 2.05) is 29.0 Å². The van der Waals surface area contributed by atoms with E-state index in [2.05, 4.69) is 10.1 Å². The molecule has 0 radical (unpaired) electrons. The highest BCUT2D eigenvalue weighted by Crippen LogP contribution is 2.35. The average molecular weight is 486 g/mol. The summed E-state index contributed by atoms with van der Waals surface area (Å²) in [6.07, 6.45) is 5.35. The Morgan fingerprint density at radius 2 is 1.91 bits per heavy atom. The summed E-state index contributed by atoms with van der Waals surface area (Å²) in [4.78, 5) is 19.1. The fraction of sp³-hybridized carbons (Fsp3) is 0.435. The Morgan fingerprint density at radius 3 is 2.65 bits per heavy atom. The molecule has 10 nitrogen and oxygen atoms in total. The van der Waals surface area contributed by atoms with E-state index < -0.39 is 15.4 Å². The number of aliphatic hydroxyl groups is 1. The van der Waals surface area contributed by atoms with Crippen molar-refractivity contribution in [3.05, 3.63) is 42.5 Å². The van der Waals surface area contributed by atoms with Crippen LogP contribution in [0.25, 0.3) is 22.5 Å². The SMILES string of the molecule is CC(C)(O)Cn1cc(-c2ccc3c(c2)OCCn2cc(C(=O)N4CCS(=O)(=O)CC4)nc2-3)cn1. The summed E-state index contributed by atoms with van der Waals surface area (Å²) in [5, 5.41) is 14.4. The second-order valence-electron chi connectivity index (χ2n) is 9.39. The number of fused-ring (bicyclic) bond motifs is 3. The number of hydrogen-bond donors (Lipinski definition) is 1. The number of rotatable bonds is 4. The van der Waals surface area contributed by atoms with Gasteiger partial charge >= 0.3 is 0 Å². The van der Waals surface area contributed by atoms with Crippen molar-refractivity contribution in [2.24, 2.45) is 0 Å². The summed E-state index contributed by atoms with van der Waals surface area (Å²) in [5.74, 6) is 1.02. The van der Waals surface area contributed by atoms with Crippen LogP contribution in [0, 0.1) is 0 Å². The molecule has 1 saturated heterocycles. The molecule has 0 atom stereocenters. The van der Waals surface area contributed by atoms with Gasteiger partial charge in [0.15, 0.2) is 9.84 Å². The largest absolute Gasteiger partial charge is 0.491 e.